The van der Waals surface area contributed by atoms with E-state index in [0.29, 0.717) is 24.4 Å². The van der Waals surface area contributed by atoms with Crippen LogP contribution in [-0.4, -0.2) is 44.8 Å². The van der Waals surface area contributed by atoms with Gasteiger partial charge in [0.15, 0.2) is 11.5 Å². The van der Waals surface area contributed by atoms with Gasteiger partial charge in [-0.2, -0.15) is 0 Å². The Labute approximate surface area is 134 Å². The van der Waals surface area contributed by atoms with Gasteiger partial charge in [-0.3, -0.25) is 0 Å². The van der Waals surface area contributed by atoms with Gasteiger partial charge in [0, 0.05) is 6.04 Å². The summed E-state index contributed by atoms with van der Waals surface area (Å²) in [6.45, 7) is 7.57. The van der Waals surface area contributed by atoms with Crippen LogP contribution >= 0.6 is 0 Å². The zero-order valence-corrected chi connectivity index (χ0v) is 14.3. The summed E-state index contributed by atoms with van der Waals surface area (Å²) in [6, 6.07) is 6.84. The average Bonchev–Trinajstić information content (AvgIpc) is 2.55. The lowest BCUT2D eigenvalue weighted by molar-refractivity contribution is 0.138. The van der Waals surface area contributed by atoms with Crippen molar-refractivity contribution >= 4 is 0 Å². The first-order valence-corrected chi connectivity index (χ1v) is 8.26. The fourth-order valence-corrected chi connectivity index (χ4v) is 3.52. The minimum Gasteiger partial charge on any atom is -0.493 e. The van der Waals surface area contributed by atoms with E-state index in [9.17, 15) is 0 Å². The van der Waals surface area contributed by atoms with E-state index in [1.165, 1.54) is 31.5 Å². The van der Waals surface area contributed by atoms with Crippen LogP contribution in [0.25, 0.3) is 0 Å². The Hall–Kier alpha value is -1.26. The highest BCUT2D eigenvalue weighted by atomic mass is 16.5. The first-order valence-electron chi connectivity index (χ1n) is 8.26. The molecule has 1 aliphatic heterocycles. The molecule has 22 heavy (non-hydrogen) atoms. The van der Waals surface area contributed by atoms with Crippen molar-refractivity contribution in [1.29, 1.82) is 0 Å². The molecule has 1 fully saturated rings. The molecule has 1 aromatic carbocycles. The molecule has 1 aliphatic rings. The number of nitrogens with zero attached hydrogens (tertiary/aromatic N) is 1. The topological polar surface area (TPSA) is 47.7 Å². The molecule has 4 heteroatoms. The van der Waals surface area contributed by atoms with E-state index in [2.05, 4.69) is 30.9 Å². The summed E-state index contributed by atoms with van der Waals surface area (Å²) in [6.07, 6.45) is 2.43. The molecule has 1 unspecified atom stereocenters. The van der Waals surface area contributed by atoms with E-state index in [1.807, 2.05) is 6.07 Å². The van der Waals surface area contributed by atoms with Crippen molar-refractivity contribution in [2.75, 3.05) is 33.9 Å². The second-order valence-electron chi connectivity index (χ2n) is 6.42. The van der Waals surface area contributed by atoms with Crippen LogP contribution in [0.3, 0.4) is 0 Å². The summed E-state index contributed by atoms with van der Waals surface area (Å²) < 4.78 is 10.8. The molecule has 0 spiro atoms. The first kappa shape index (κ1) is 17.1. The average molecular weight is 306 g/mol. The summed E-state index contributed by atoms with van der Waals surface area (Å²) in [5.41, 5.74) is 7.37. The number of likely N-dealkylation sites (tertiary alicyclic amines) is 1. The van der Waals surface area contributed by atoms with Crippen molar-refractivity contribution in [3.63, 3.8) is 0 Å². The molecule has 1 atom stereocenters. The fourth-order valence-electron chi connectivity index (χ4n) is 3.52. The van der Waals surface area contributed by atoms with Crippen molar-refractivity contribution in [1.82, 2.24) is 4.90 Å². The molecule has 4 nitrogen and oxygen atoms in total. The third-order valence-corrected chi connectivity index (χ3v) is 4.96. The third-order valence-electron chi connectivity index (χ3n) is 4.96. The Morgan fingerprint density at radius 1 is 1.14 bits per heavy atom. The molecule has 0 aliphatic carbocycles. The van der Waals surface area contributed by atoms with Crippen molar-refractivity contribution in [2.45, 2.75) is 38.6 Å². The highest BCUT2D eigenvalue weighted by molar-refractivity contribution is 5.44. The Bertz CT molecular complexity index is 468. The predicted molar refractivity (Wildman–Crippen MR) is 90.8 cm³/mol. The van der Waals surface area contributed by atoms with Crippen LogP contribution in [0.1, 0.15) is 38.2 Å². The normalized spacial score (nSPS) is 18.5. The number of ether oxygens (including phenoxy) is 2. The van der Waals surface area contributed by atoms with Crippen molar-refractivity contribution in [3.05, 3.63) is 23.8 Å². The fraction of sp³-hybridized carbons (Fsp3) is 0.667. The van der Waals surface area contributed by atoms with E-state index in [1.54, 1.807) is 14.2 Å². The van der Waals surface area contributed by atoms with Crippen LogP contribution in [0.15, 0.2) is 18.2 Å². The zero-order valence-electron chi connectivity index (χ0n) is 14.3. The van der Waals surface area contributed by atoms with E-state index >= 15 is 0 Å². The lowest BCUT2D eigenvalue weighted by atomic mass is 9.80. The summed E-state index contributed by atoms with van der Waals surface area (Å²) in [7, 11) is 3.35. The molecule has 1 saturated heterocycles. The van der Waals surface area contributed by atoms with E-state index in [4.69, 9.17) is 15.2 Å². The van der Waals surface area contributed by atoms with Crippen LogP contribution < -0.4 is 15.2 Å². The Kier molecular flexibility index (Phi) is 6.09. The Morgan fingerprint density at radius 2 is 1.77 bits per heavy atom. The van der Waals surface area contributed by atoms with Gasteiger partial charge < -0.3 is 20.1 Å². The molecular weight excluding hydrogens is 276 g/mol. The monoisotopic (exact) mass is 306 g/mol. The largest absolute Gasteiger partial charge is 0.493 e. The van der Waals surface area contributed by atoms with Gasteiger partial charge in [-0.1, -0.05) is 6.07 Å². The number of nitrogens with two attached hydrogens (primary N) is 1. The SMILES string of the molecule is COc1ccc(C(CN)C2CCN(C(C)C)CC2)cc1OC. The molecule has 1 aromatic rings. The molecule has 0 radical (unpaired) electrons. The number of benzene rings is 1. The minimum absolute atomic E-state index is 0.397. The number of hydrogen-bond donors (Lipinski definition) is 1. The van der Waals surface area contributed by atoms with Crippen LogP contribution in [0.4, 0.5) is 0 Å². The molecule has 0 aromatic heterocycles. The predicted octanol–water partition coefficient (Wildman–Crippen LogP) is 2.87. The first-order chi connectivity index (χ1) is 10.6. The molecule has 0 saturated carbocycles. The maximum Gasteiger partial charge on any atom is 0.160 e. The summed E-state index contributed by atoms with van der Waals surface area (Å²) >= 11 is 0. The zero-order chi connectivity index (χ0) is 16.1. The van der Waals surface area contributed by atoms with Crippen LogP contribution in [-0.2, 0) is 0 Å². The van der Waals surface area contributed by atoms with Gasteiger partial charge in [0.2, 0.25) is 0 Å². The Balaban J connectivity index is 2.12. The molecule has 2 rings (SSSR count). The smallest absolute Gasteiger partial charge is 0.160 e. The highest BCUT2D eigenvalue weighted by Gasteiger charge is 2.28. The number of methoxy groups -OCH3 is 2. The summed E-state index contributed by atoms with van der Waals surface area (Å²) in [4.78, 5) is 2.55. The molecule has 0 bridgehead atoms. The number of piperidine rings is 1. The quantitative estimate of drug-likeness (QED) is 0.878. The van der Waals surface area contributed by atoms with E-state index in [0.717, 1.165) is 11.5 Å². The Morgan fingerprint density at radius 3 is 2.27 bits per heavy atom. The summed E-state index contributed by atoms with van der Waals surface area (Å²) in [5, 5.41) is 0. The lowest BCUT2D eigenvalue weighted by Gasteiger charge is -2.38. The second-order valence-corrected chi connectivity index (χ2v) is 6.42. The molecule has 2 N–H and O–H groups in total. The van der Waals surface area contributed by atoms with Crippen molar-refractivity contribution < 1.29 is 9.47 Å². The van der Waals surface area contributed by atoms with Gasteiger partial charge >= 0.3 is 0 Å². The van der Waals surface area contributed by atoms with Gasteiger partial charge in [-0.15, -0.1) is 0 Å². The maximum atomic E-state index is 6.11. The van der Waals surface area contributed by atoms with Gasteiger partial charge in [-0.05, 0) is 75.9 Å². The van der Waals surface area contributed by atoms with Gasteiger partial charge in [0.25, 0.3) is 0 Å². The standard InChI is InChI=1S/C18H30N2O2/c1-13(2)20-9-7-14(8-10-20)16(12-19)15-5-6-17(21-3)18(11-15)22-4/h5-6,11,13-14,16H,7-10,12,19H2,1-4H3. The van der Waals surface area contributed by atoms with Crippen LogP contribution in [0.5, 0.6) is 11.5 Å². The second kappa shape index (κ2) is 7.84. The molecule has 1 heterocycles. The minimum atomic E-state index is 0.397. The number of rotatable bonds is 6. The number of hydrogen-bond acceptors (Lipinski definition) is 4. The molecular formula is C18H30N2O2. The van der Waals surface area contributed by atoms with E-state index < -0.39 is 0 Å². The van der Waals surface area contributed by atoms with Crippen LogP contribution in [0.2, 0.25) is 0 Å². The third kappa shape index (κ3) is 3.73. The highest BCUT2D eigenvalue weighted by Crippen LogP contribution is 2.36. The van der Waals surface area contributed by atoms with Gasteiger partial charge in [-0.25, -0.2) is 0 Å². The van der Waals surface area contributed by atoms with Crippen LogP contribution in [0, 0.1) is 5.92 Å². The van der Waals surface area contributed by atoms with Crippen molar-refractivity contribution in [3.8, 4) is 11.5 Å². The molecule has 124 valence electrons. The van der Waals surface area contributed by atoms with Crippen molar-refractivity contribution in [2.24, 2.45) is 11.7 Å². The van der Waals surface area contributed by atoms with Gasteiger partial charge in [0.05, 0.1) is 14.2 Å². The van der Waals surface area contributed by atoms with Gasteiger partial charge in [0.1, 0.15) is 0 Å². The summed E-state index contributed by atoms with van der Waals surface area (Å²) in [5.74, 6) is 2.61. The maximum absolute atomic E-state index is 6.11. The lowest BCUT2D eigenvalue weighted by Crippen LogP contribution is -2.40. The van der Waals surface area contributed by atoms with E-state index in [-0.39, 0.29) is 0 Å². The molecule has 0 amide bonds.